The molecule has 4 nitrogen and oxygen atoms in total. The molecule has 0 aromatic carbocycles. The second-order valence-electron chi connectivity index (χ2n) is 5.48. The average Bonchev–Trinajstić information content (AvgIpc) is 2.40. The lowest BCUT2D eigenvalue weighted by Crippen LogP contribution is -2.33. The third kappa shape index (κ3) is 4.00. The van der Waals surface area contributed by atoms with Crippen LogP contribution in [0.5, 0.6) is 5.75 Å². The predicted octanol–water partition coefficient (Wildman–Crippen LogP) is 2.41. The molecule has 1 aromatic rings. The summed E-state index contributed by atoms with van der Waals surface area (Å²) in [5.41, 5.74) is -0.362. The monoisotopic (exact) mass is 304 g/mol. The van der Waals surface area contributed by atoms with Gasteiger partial charge in [0, 0.05) is 18.3 Å². The van der Waals surface area contributed by atoms with Gasteiger partial charge in [-0.2, -0.15) is 13.2 Å². The zero-order chi connectivity index (χ0) is 15.6. The first-order valence-corrected chi connectivity index (χ1v) is 6.99. The van der Waals surface area contributed by atoms with Crippen LogP contribution in [-0.2, 0) is 13.1 Å². The summed E-state index contributed by atoms with van der Waals surface area (Å²) in [4.78, 5) is 13.6. The highest BCUT2D eigenvalue weighted by Crippen LogP contribution is 2.24. The summed E-state index contributed by atoms with van der Waals surface area (Å²) >= 11 is 0. The number of halogens is 3. The van der Waals surface area contributed by atoms with E-state index in [2.05, 4.69) is 0 Å². The topological polar surface area (TPSA) is 45.5 Å². The van der Waals surface area contributed by atoms with Crippen LogP contribution in [0.25, 0.3) is 0 Å². The van der Waals surface area contributed by atoms with Gasteiger partial charge in [0.1, 0.15) is 6.54 Å². The van der Waals surface area contributed by atoms with E-state index in [4.69, 9.17) is 0 Å². The van der Waals surface area contributed by atoms with Crippen LogP contribution in [-0.4, -0.2) is 33.8 Å². The van der Waals surface area contributed by atoms with E-state index in [9.17, 15) is 23.1 Å². The molecule has 1 fully saturated rings. The van der Waals surface area contributed by atoms with Crippen molar-refractivity contribution < 1.29 is 18.3 Å². The molecule has 0 spiro atoms. The van der Waals surface area contributed by atoms with Gasteiger partial charge in [-0.3, -0.25) is 9.69 Å². The number of hydrogen-bond donors (Lipinski definition) is 1. The lowest BCUT2D eigenvalue weighted by atomic mass is 10.1. The Morgan fingerprint density at radius 3 is 2.43 bits per heavy atom. The van der Waals surface area contributed by atoms with E-state index >= 15 is 0 Å². The normalized spacial score (nSPS) is 17.1. The van der Waals surface area contributed by atoms with Gasteiger partial charge in [0.05, 0.1) is 5.69 Å². The van der Waals surface area contributed by atoms with Crippen molar-refractivity contribution in [3.05, 3.63) is 27.7 Å². The van der Waals surface area contributed by atoms with Crippen molar-refractivity contribution in [3.63, 3.8) is 0 Å². The average molecular weight is 304 g/mol. The van der Waals surface area contributed by atoms with Gasteiger partial charge in [-0.1, -0.05) is 6.42 Å². The van der Waals surface area contributed by atoms with Gasteiger partial charge in [0.2, 0.25) is 5.43 Å². The molecule has 0 atom stereocenters. The zero-order valence-corrected chi connectivity index (χ0v) is 11.9. The summed E-state index contributed by atoms with van der Waals surface area (Å²) in [6.07, 6.45) is -1.33. The summed E-state index contributed by atoms with van der Waals surface area (Å²) in [7, 11) is 0. The number of alkyl halides is 3. The molecule has 0 saturated carbocycles. The number of pyridine rings is 1. The lowest BCUT2D eigenvalue weighted by Gasteiger charge is -2.28. The minimum absolute atomic E-state index is 0.0548. The molecule has 21 heavy (non-hydrogen) atoms. The molecule has 2 heterocycles. The number of aryl methyl sites for hydroxylation is 1. The maximum atomic E-state index is 12.7. The van der Waals surface area contributed by atoms with Crippen LogP contribution >= 0.6 is 0 Å². The second-order valence-corrected chi connectivity index (χ2v) is 5.48. The Hall–Kier alpha value is -1.50. The molecule has 0 radical (unpaired) electrons. The van der Waals surface area contributed by atoms with Crippen LogP contribution in [0.1, 0.15) is 30.7 Å². The van der Waals surface area contributed by atoms with Crippen molar-refractivity contribution >= 4 is 0 Å². The molecule has 0 bridgehead atoms. The summed E-state index contributed by atoms with van der Waals surface area (Å²) < 4.78 is 39.1. The van der Waals surface area contributed by atoms with Crippen LogP contribution in [0.15, 0.2) is 10.9 Å². The van der Waals surface area contributed by atoms with Crippen molar-refractivity contribution in [3.8, 4) is 5.75 Å². The minimum atomic E-state index is -4.40. The van der Waals surface area contributed by atoms with Gasteiger partial charge in [-0.05, 0) is 32.9 Å². The zero-order valence-electron chi connectivity index (χ0n) is 11.9. The van der Waals surface area contributed by atoms with E-state index in [0.29, 0.717) is 0 Å². The fourth-order valence-electron chi connectivity index (χ4n) is 2.71. The number of nitrogens with zero attached hydrogens (tertiary/aromatic N) is 2. The number of aromatic hydroxyl groups is 1. The summed E-state index contributed by atoms with van der Waals surface area (Å²) in [5, 5.41) is 9.90. The van der Waals surface area contributed by atoms with Crippen molar-refractivity contribution in [1.29, 1.82) is 0 Å². The number of hydrogen-bond acceptors (Lipinski definition) is 3. The molecular formula is C14H19F3N2O2. The van der Waals surface area contributed by atoms with E-state index in [0.717, 1.165) is 43.0 Å². The van der Waals surface area contributed by atoms with Crippen molar-refractivity contribution in [2.24, 2.45) is 0 Å². The highest BCUT2D eigenvalue weighted by atomic mass is 19.4. The van der Waals surface area contributed by atoms with E-state index in [1.165, 1.54) is 6.92 Å². The van der Waals surface area contributed by atoms with E-state index in [1.807, 2.05) is 4.90 Å². The van der Waals surface area contributed by atoms with E-state index in [1.54, 1.807) is 0 Å². The fraction of sp³-hybridized carbons (Fsp3) is 0.643. The predicted molar refractivity (Wildman–Crippen MR) is 72.3 cm³/mol. The maximum absolute atomic E-state index is 12.7. The summed E-state index contributed by atoms with van der Waals surface area (Å²) in [5.74, 6) is -0.574. The third-order valence-corrected chi connectivity index (χ3v) is 3.76. The molecule has 0 aliphatic carbocycles. The molecule has 118 valence electrons. The van der Waals surface area contributed by atoms with E-state index < -0.39 is 23.9 Å². The Morgan fingerprint density at radius 2 is 1.86 bits per heavy atom. The molecule has 7 heteroatoms. The van der Waals surface area contributed by atoms with Crippen LogP contribution in [0.4, 0.5) is 13.2 Å². The summed E-state index contributed by atoms with van der Waals surface area (Å²) in [6, 6.07) is 1.04. The standard InChI is InChI=1S/C14H19F3N2O2/c1-10-7-12(20)13(21)11(19(10)9-14(15,16)17)8-18-5-3-2-4-6-18/h7,21H,2-6,8-9H2,1H3. The summed E-state index contributed by atoms with van der Waals surface area (Å²) in [6.45, 7) is 1.96. The minimum Gasteiger partial charge on any atom is -0.503 e. The molecule has 1 aliphatic heterocycles. The second kappa shape index (κ2) is 6.09. The Morgan fingerprint density at radius 1 is 1.24 bits per heavy atom. The molecule has 1 aliphatic rings. The van der Waals surface area contributed by atoms with Gasteiger partial charge < -0.3 is 9.67 Å². The van der Waals surface area contributed by atoms with Crippen LogP contribution in [0, 0.1) is 6.92 Å². The van der Waals surface area contributed by atoms with Crippen molar-refractivity contribution in [1.82, 2.24) is 9.47 Å². The van der Waals surface area contributed by atoms with Gasteiger partial charge in [-0.25, -0.2) is 0 Å². The molecule has 0 amide bonds. The Balaban J connectivity index is 2.37. The number of rotatable bonds is 3. The van der Waals surface area contributed by atoms with Crippen LogP contribution in [0.2, 0.25) is 0 Å². The quantitative estimate of drug-likeness (QED) is 0.933. The molecule has 0 unspecified atom stereocenters. The SMILES string of the molecule is Cc1cc(=O)c(O)c(CN2CCCCC2)n1CC(F)(F)F. The highest BCUT2D eigenvalue weighted by Gasteiger charge is 2.30. The third-order valence-electron chi connectivity index (χ3n) is 3.76. The van der Waals surface area contributed by atoms with Crippen LogP contribution in [0.3, 0.4) is 0 Å². The first-order chi connectivity index (χ1) is 9.78. The van der Waals surface area contributed by atoms with Crippen LogP contribution < -0.4 is 5.43 Å². The fourth-order valence-corrected chi connectivity index (χ4v) is 2.71. The van der Waals surface area contributed by atoms with Crippen molar-refractivity contribution in [2.45, 2.75) is 45.5 Å². The lowest BCUT2D eigenvalue weighted by molar-refractivity contribution is -0.141. The molecule has 1 aromatic heterocycles. The number of piperidine rings is 1. The van der Waals surface area contributed by atoms with Crippen molar-refractivity contribution in [2.75, 3.05) is 13.1 Å². The molecule has 1 N–H and O–H groups in total. The molecular weight excluding hydrogens is 285 g/mol. The Bertz CT molecular complexity index is 561. The largest absolute Gasteiger partial charge is 0.503 e. The smallest absolute Gasteiger partial charge is 0.406 e. The highest BCUT2D eigenvalue weighted by molar-refractivity contribution is 5.30. The first kappa shape index (κ1) is 15.9. The van der Waals surface area contributed by atoms with Gasteiger partial charge in [0.25, 0.3) is 0 Å². The van der Waals surface area contributed by atoms with Gasteiger partial charge in [0.15, 0.2) is 5.75 Å². The molecule has 2 rings (SSSR count). The Kier molecular flexibility index (Phi) is 4.61. The Labute approximate surface area is 120 Å². The van der Waals surface area contributed by atoms with E-state index in [-0.39, 0.29) is 17.9 Å². The maximum Gasteiger partial charge on any atom is 0.406 e. The number of aromatic nitrogens is 1. The first-order valence-electron chi connectivity index (χ1n) is 6.99. The number of likely N-dealkylation sites (tertiary alicyclic amines) is 1. The molecule has 1 saturated heterocycles. The van der Waals surface area contributed by atoms with Gasteiger partial charge >= 0.3 is 6.18 Å². The van der Waals surface area contributed by atoms with Gasteiger partial charge in [-0.15, -0.1) is 0 Å².